The Labute approximate surface area is 88.5 Å². The van der Waals surface area contributed by atoms with Crippen LogP contribution in [0.2, 0.25) is 0 Å². The lowest BCUT2D eigenvalue weighted by Gasteiger charge is -2.36. The van der Waals surface area contributed by atoms with Gasteiger partial charge in [-0.3, -0.25) is 4.79 Å². The van der Waals surface area contributed by atoms with Crippen molar-refractivity contribution in [2.24, 2.45) is 11.7 Å². The molecule has 2 aliphatic rings. The van der Waals surface area contributed by atoms with Gasteiger partial charge in [-0.25, -0.2) is 0 Å². The third-order valence-corrected chi connectivity index (χ3v) is 3.40. The first-order valence-corrected chi connectivity index (χ1v) is 5.39. The minimum absolute atomic E-state index is 0.0564. The highest BCUT2D eigenvalue weighted by molar-refractivity contribution is 5.73. The Balaban J connectivity index is 1.89. The summed E-state index contributed by atoms with van der Waals surface area (Å²) < 4.78 is 11.1. The van der Waals surface area contributed by atoms with Crippen LogP contribution in [0.5, 0.6) is 0 Å². The zero-order valence-corrected chi connectivity index (χ0v) is 8.65. The lowest BCUT2D eigenvalue weighted by Crippen LogP contribution is -2.44. The standard InChI is InChI=1S/C10H17NO4/c11-8(9(12)13)7-1-3-10(4-2-7)14-5-6-15-10/h7-8H,1-6,11H2,(H,12,13)/t8-/m1/s1. The molecular formula is C10H17NO4. The fourth-order valence-electron chi connectivity index (χ4n) is 2.43. The van der Waals surface area contributed by atoms with E-state index in [1.165, 1.54) is 0 Å². The Morgan fingerprint density at radius 2 is 1.87 bits per heavy atom. The number of aliphatic carboxylic acids is 1. The maximum atomic E-state index is 10.7. The van der Waals surface area contributed by atoms with Crippen LogP contribution >= 0.6 is 0 Å². The van der Waals surface area contributed by atoms with Crippen molar-refractivity contribution < 1.29 is 19.4 Å². The molecule has 0 radical (unpaired) electrons. The average molecular weight is 215 g/mol. The van der Waals surface area contributed by atoms with Crippen LogP contribution in [0.25, 0.3) is 0 Å². The van der Waals surface area contributed by atoms with Gasteiger partial charge in [0.2, 0.25) is 0 Å². The number of carboxylic acids is 1. The zero-order valence-electron chi connectivity index (χ0n) is 8.65. The number of nitrogens with two attached hydrogens (primary N) is 1. The van der Waals surface area contributed by atoms with Crippen molar-refractivity contribution in [3.05, 3.63) is 0 Å². The molecule has 5 nitrogen and oxygen atoms in total. The summed E-state index contributed by atoms with van der Waals surface area (Å²) in [5, 5.41) is 8.80. The van der Waals surface area contributed by atoms with E-state index in [4.69, 9.17) is 20.3 Å². The summed E-state index contributed by atoms with van der Waals surface area (Å²) in [7, 11) is 0. The largest absolute Gasteiger partial charge is 0.480 e. The molecular weight excluding hydrogens is 198 g/mol. The van der Waals surface area contributed by atoms with Crippen LogP contribution in [0, 0.1) is 5.92 Å². The summed E-state index contributed by atoms with van der Waals surface area (Å²) in [6.45, 7) is 1.30. The lowest BCUT2D eigenvalue weighted by atomic mass is 9.81. The van der Waals surface area contributed by atoms with Crippen LogP contribution in [-0.2, 0) is 14.3 Å². The monoisotopic (exact) mass is 215 g/mol. The topological polar surface area (TPSA) is 81.8 Å². The van der Waals surface area contributed by atoms with Gasteiger partial charge in [-0.05, 0) is 18.8 Å². The Kier molecular flexibility index (Phi) is 2.95. The van der Waals surface area contributed by atoms with Crippen LogP contribution in [-0.4, -0.2) is 36.1 Å². The van der Waals surface area contributed by atoms with Gasteiger partial charge < -0.3 is 20.3 Å². The van der Waals surface area contributed by atoms with E-state index in [9.17, 15) is 4.79 Å². The molecule has 0 bridgehead atoms. The van der Waals surface area contributed by atoms with E-state index in [-0.39, 0.29) is 5.92 Å². The summed E-state index contributed by atoms with van der Waals surface area (Å²) in [6, 6.07) is -0.747. The van der Waals surface area contributed by atoms with Gasteiger partial charge in [-0.1, -0.05) is 0 Å². The van der Waals surface area contributed by atoms with Crippen LogP contribution in [0.1, 0.15) is 25.7 Å². The molecule has 2 fully saturated rings. The summed E-state index contributed by atoms with van der Waals surface area (Å²) in [6.07, 6.45) is 3.07. The van der Waals surface area contributed by atoms with E-state index < -0.39 is 17.8 Å². The van der Waals surface area contributed by atoms with Crippen LogP contribution in [0.3, 0.4) is 0 Å². The van der Waals surface area contributed by atoms with E-state index in [0.29, 0.717) is 13.2 Å². The number of hydrogen-bond acceptors (Lipinski definition) is 4. The summed E-state index contributed by atoms with van der Waals surface area (Å²) in [5.41, 5.74) is 5.60. The molecule has 5 heteroatoms. The van der Waals surface area contributed by atoms with Gasteiger partial charge in [-0.15, -0.1) is 0 Å². The summed E-state index contributed by atoms with van der Waals surface area (Å²) in [5.74, 6) is -1.28. The van der Waals surface area contributed by atoms with Gasteiger partial charge in [0.05, 0.1) is 13.2 Å². The normalized spacial score (nSPS) is 28.1. The second kappa shape index (κ2) is 4.08. The molecule has 86 valence electrons. The Morgan fingerprint density at radius 1 is 1.33 bits per heavy atom. The van der Waals surface area contributed by atoms with Crippen molar-refractivity contribution in [2.45, 2.75) is 37.5 Å². The number of carbonyl (C=O) groups is 1. The smallest absolute Gasteiger partial charge is 0.320 e. The van der Waals surface area contributed by atoms with E-state index in [1.807, 2.05) is 0 Å². The molecule has 1 saturated heterocycles. The molecule has 1 heterocycles. The fraction of sp³-hybridized carbons (Fsp3) is 0.900. The number of rotatable bonds is 2. The van der Waals surface area contributed by atoms with Crippen LogP contribution in [0.4, 0.5) is 0 Å². The molecule has 1 spiro atoms. The molecule has 0 unspecified atom stereocenters. The zero-order chi connectivity index (χ0) is 10.9. The molecule has 2 rings (SSSR count). The summed E-state index contributed by atoms with van der Waals surface area (Å²) >= 11 is 0. The maximum absolute atomic E-state index is 10.7. The Hall–Kier alpha value is -0.650. The van der Waals surface area contributed by atoms with Gasteiger partial charge in [0.1, 0.15) is 6.04 Å². The molecule has 1 aliphatic carbocycles. The van der Waals surface area contributed by atoms with Gasteiger partial charge in [0, 0.05) is 12.8 Å². The first-order chi connectivity index (χ1) is 7.13. The van der Waals surface area contributed by atoms with Crippen molar-refractivity contribution in [3.63, 3.8) is 0 Å². The SMILES string of the molecule is N[C@@H](C(=O)O)C1CCC2(CC1)OCCO2. The third kappa shape index (κ3) is 2.14. The number of ether oxygens (including phenoxy) is 2. The van der Waals surface area contributed by atoms with Crippen molar-refractivity contribution in [1.29, 1.82) is 0 Å². The van der Waals surface area contributed by atoms with Crippen LogP contribution in [0.15, 0.2) is 0 Å². The molecule has 1 atom stereocenters. The average Bonchev–Trinajstić information content (AvgIpc) is 2.67. The molecule has 3 N–H and O–H groups in total. The lowest BCUT2D eigenvalue weighted by molar-refractivity contribution is -0.184. The quantitative estimate of drug-likeness (QED) is 0.693. The minimum atomic E-state index is -0.913. The second-order valence-corrected chi connectivity index (χ2v) is 4.31. The fourth-order valence-corrected chi connectivity index (χ4v) is 2.43. The Bertz CT molecular complexity index is 240. The van der Waals surface area contributed by atoms with Crippen molar-refractivity contribution >= 4 is 5.97 Å². The number of carboxylic acid groups (broad SMARTS) is 1. The molecule has 0 aromatic carbocycles. The van der Waals surface area contributed by atoms with Gasteiger partial charge in [-0.2, -0.15) is 0 Å². The molecule has 0 aromatic heterocycles. The minimum Gasteiger partial charge on any atom is -0.480 e. The second-order valence-electron chi connectivity index (χ2n) is 4.31. The van der Waals surface area contributed by atoms with Gasteiger partial charge >= 0.3 is 5.97 Å². The first kappa shape index (κ1) is 10.9. The molecule has 1 aliphatic heterocycles. The van der Waals surface area contributed by atoms with E-state index in [1.54, 1.807) is 0 Å². The highest BCUT2D eigenvalue weighted by Crippen LogP contribution is 2.38. The first-order valence-electron chi connectivity index (χ1n) is 5.39. The molecule has 15 heavy (non-hydrogen) atoms. The third-order valence-electron chi connectivity index (χ3n) is 3.40. The van der Waals surface area contributed by atoms with E-state index in [2.05, 4.69) is 0 Å². The maximum Gasteiger partial charge on any atom is 0.320 e. The molecule has 0 amide bonds. The Morgan fingerprint density at radius 3 is 2.33 bits per heavy atom. The van der Waals surface area contributed by atoms with Crippen molar-refractivity contribution in [1.82, 2.24) is 0 Å². The van der Waals surface area contributed by atoms with Gasteiger partial charge in [0.25, 0.3) is 0 Å². The van der Waals surface area contributed by atoms with E-state index >= 15 is 0 Å². The summed E-state index contributed by atoms with van der Waals surface area (Å²) in [4.78, 5) is 10.7. The molecule has 0 aromatic rings. The highest BCUT2D eigenvalue weighted by Gasteiger charge is 2.42. The van der Waals surface area contributed by atoms with Gasteiger partial charge in [0.15, 0.2) is 5.79 Å². The van der Waals surface area contributed by atoms with Crippen LogP contribution < -0.4 is 5.73 Å². The predicted molar refractivity (Wildman–Crippen MR) is 52.2 cm³/mol. The van der Waals surface area contributed by atoms with Crippen molar-refractivity contribution in [2.75, 3.05) is 13.2 Å². The highest BCUT2D eigenvalue weighted by atomic mass is 16.7. The van der Waals surface area contributed by atoms with E-state index in [0.717, 1.165) is 25.7 Å². The number of hydrogen-bond donors (Lipinski definition) is 2. The molecule has 1 saturated carbocycles. The predicted octanol–water partition coefficient (Wildman–Crippen LogP) is 0.332. The van der Waals surface area contributed by atoms with Crippen molar-refractivity contribution in [3.8, 4) is 0 Å².